The van der Waals surface area contributed by atoms with E-state index in [-0.39, 0.29) is 11.9 Å². The van der Waals surface area contributed by atoms with Crippen LogP contribution in [-0.4, -0.2) is 24.0 Å². The molecule has 0 aromatic heterocycles. The van der Waals surface area contributed by atoms with E-state index in [2.05, 4.69) is 5.32 Å². The highest BCUT2D eigenvalue weighted by Gasteiger charge is 2.08. The van der Waals surface area contributed by atoms with Crippen molar-refractivity contribution in [3.63, 3.8) is 0 Å². The molecule has 0 saturated carbocycles. The number of rotatable bonds is 5. The Bertz CT molecular complexity index is 337. The zero-order chi connectivity index (χ0) is 12.0. The maximum absolute atomic E-state index is 11.8. The Morgan fingerprint density at radius 3 is 2.56 bits per heavy atom. The van der Waals surface area contributed by atoms with Crippen molar-refractivity contribution in [3.05, 3.63) is 35.4 Å². The molecule has 0 fully saturated rings. The number of benzene rings is 1. The lowest BCUT2D eigenvalue weighted by atomic mass is 10.1. The molecule has 1 atom stereocenters. The van der Waals surface area contributed by atoms with Crippen molar-refractivity contribution in [2.45, 2.75) is 19.5 Å². The molecule has 3 nitrogen and oxygen atoms in total. The van der Waals surface area contributed by atoms with Gasteiger partial charge >= 0.3 is 0 Å². The second-order valence-corrected chi connectivity index (χ2v) is 4.64. The van der Waals surface area contributed by atoms with Crippen molar-refractivity contribution in [2.75, 3.05) is 12.0 Å². The van der Waals surface area contributed by atoms with Gasteiger partial charge < -0.3 is 11.1 Å². The first-order valence-corrected chi connectivity index (χ1v) is 6.65. The topological polar surface area (TPSA) is 55.1 Å². The third-order valence-corrected chi connectivity index (χ3v) is 3.08. The summed E-state index contributed by atoms with van der Waals surface area (Å²) in [5.41, 5.74) is 7.21. The largest absolute Gasteiger partial charge is 0.349 e. The lowest BCUT2D eigenvalue weighted by Crippen LogP contribution is -2.34. The maximum Gasteiger partial charge on any atom is 0.251 e. The van der Waals surface area contributed by atoms with E-state index in [9.17, 15) is 4.79 Å². The average molecular weight is 238 g/mol. The zero-order valence-electron chi connectivity index (χ0n) is 9.69. The molecule has 16 heavy (non-hydrogen) atoms. The van der Waals surface area contributed by atoms with Crippen LogP contribution in [0.4, 0.5) is 0 Å². The number of carbonyl (C=O) groups excluding carboxylic acids is 1. The van der Waals surface area contributed by atoms with Crippen molar-refractivity contribution < 1.29 is 4.79 Å². The van der Waals surface area contributed by atoms with Gasteiger partial charge in [-0.15, -0.1) is 0 Å². The van der Waals surface area contributed by atoms with E-state index in [0.717, 1.165) is 11.3 Å². The molecular formula is C12H18N2OS. The van der Waals surface area contributed by atoms with Crippen molar-refractivity contribution in [2.24, 2.45) is 5.73 Å². The normalized spacial score (nSPS) is 12.2. The van der Waals surface area contributed by atoms with Gasteiger partial charge in [0.15, 0.2) is 0 Å². The first-order valence-electron chi connectivity index (χ1n) is 5.26. The summed E-state index contributed by atoms with van der Waals surface area (Å²) in [6.45, 7) is 2.51. The summed E-state index contributed by atoms with van der Waals surface area (Å²) in [6, 6.07) is 7.58. The van der Waals surface area contributed by atoms with Crippen LogP contribution in [0.5, 0.6) is 0 Å². The molecule has 1 aromatic rings. The van der Waals surface area contributed by atoms with Gasteiger partial charge in [0.1, 0.15) is 0 Å². The molecule has 0 saturated heterocycles. The van der Waals surface area contributed by atoms with Gasteiger partial charge in [0.05, 0.1) is 0 Å². The number of hydrogen-bond donors (Lipinski definition) is 2. The minimum Gasteiger partial charge on any atom is -0.349 e. The number of carbonyl (C=O) groups is 1. The van der Waals surface area contributed by atoms with Crippen LogP contribution in [0.15, 0.2) is 24.3 Å². The lowest BCUT2D eigenvalue weighted by molar-refractivity contribution is 0.0944. The predicted octanol–water partition coefficient (Wildman–Crippen LogP) is 1.63. The molecular weight excluding hydrogens is 220 g/mol. The molecule has 0 spiro atoms. The SMILES string of the molecule is CSCC(C)NC(=O)c1ccc(CN)cc1. The van der Waals surface area contributed by atoms with Gasteiger partial charge in [-0.25, -0.2) is 0 Å². The molecule has 3 N–H and O–H groups in total. The minimum atomic E-state index is -0.0230. The van der Waals surface area contributed by atoms with Crippen LogP contribution in [0.1, 0.15) is 22.8 Å². The van der Waals surface area contributed by atoms with Gasteiger partial charge in [-0.3, -0.25) is 4.79 Å². The van der Waals surface area contributed by atoms with Crippen LogP contribution < -0.4 is 11.1 Å². The number of thioether (sulfide) groups is 1. The fraction of sp³-hybridized carbons (Fsp3) is 0.417. The zero-order valence-corrected chi connectivity index (χ0v) is 10.5. The second-order valence-electron chi connectivity index (χ2n) is 3.73. The summed E-state index contributed by atoms with van der Waals surface area (Å²) in [5, 5.41) is 2.94. The molecule has 0 heterocycles. The van der Waals surface area contributed by atoms with E-state index in [1.165, 1.54) is 0 Å². The molecule has 0 radical (unpaired) electrons. The summed E-state index contributed by atoms with van der Waals surface area (Å²) in [5.74, 6) is 0.900. The van der Waals surface area contributed by atoms with Gasteiger partial charge in [-0.05, 0) is 30.9 Å². The first-order chi connectivity index (χ1) is 7.67. The highest BCUT2D eigenvalue weighted by molar-refractivity contribution is 7.98. The lowest BCUT2D eigenvalue weighted by Gasteiger charge is -2.12. The maximum atomic E-state index is 11.8. The van der Waals surface area contributed by atoms with Crippen LogP contribution in [0.25, 0.3) is 0 Å². The van der Waals surface area contributed by atoms with E-state index in [4.69, 9.17) is 5.73 Å². The third kappa shape index (κ3) is 3.87. The Hall–Kier alpha value is -1.00. The van der Waals surface area contributed by atoms with Crippen molar-refractivity contribution in [1.29, 1.82) is 0 Å². The van der Waals surface area contributed by atoms with Gasteiger partial charge in [0.2, 0.25) is 0 Å². The van der Waals surface area contributed by atoms with Crippen LogP contribution in [0, 0.1) is 0 Å². The predicted molar refractivity (Wildman–Crippen MR) is 69.6 cm³/mol. The van der Waals surface area contributed by atoms with E-state index in [1.807, 2.05) is 37.4 Å². The van der Waals surface area contributed by atoms with E-state index < -0.39 is 0 Å². The summed E-state index contributed by atoms with van der Waals surface area (Å²) in [7, 11) is 0. The fourth-order valence-electron chi connectivity index (χ4n) is 1.39. The van der Waals surface area contributed by atoms with Gasteiger partial charge in [0, 0.05) is 23.9 Å². The molecule has 1 rings (SSSR count). The van der Waals surface area contributed by atoms with Crippen LogP contribution in [-0.2, 0) is 6.54 Å². The van der Waals surface area contributed by atoms with Crippen LogP contribution in [0.2, 0.25) is 0 Å². The molecule has 0 aliphatic carbocycles. The Morgan fingerprint density at radius 2 is 2.06 bits per heavy atom. The number of amides is 1. The fourth-order valence-corrected chi connectivity index (χ4v) is 1.97. The number of nitrogens with two attached hydrogens (primary N) is 1. The summed E-state index contributed by atoms with van der Waals surface area (Å²) in [4.78, 5) is 11.8. The molecule has 88 valence electrons. The van der Waals surface area contributed by atoms with E-state index in [1.54, 1.807) is 11.8 Å². The third-order valence-electron chi connectivity index (χ3n) is 2.25. The Labute approximate surface area is 101 Å². The molecule has 1 unspecified atom stereocenters. The molecule has 1 aromatic carbocycles. The molecule has 0 aliphatic heterocycles. The van der Waals surface area contributed by atoms with E-state index in [0.29, 0.717) is 12.1 Å². The molecule has 1 amide bonds. The Balaban J connectivity index is 2.59. The number of nitrogens with one attached hydrogen (secondary N) is 1. The average Bonchev–Trinajstić information content (AvgIpc) is 2.29. The van der Waals surface area contributed by atoms with Crippen molar-refractivity contribution in [1.82, 2.24) is 5.32 Å². The molecule has 4 heteroatoms. The summed E-state index contributed by atoms with van der Waals surface area (Å²) >= 11 is 1.72. The smallest absolute Gasteiger partial charge is 0.251 e. The summed E-state index contributed by atoms with van der Waals surface area (Å²) in [6.07, 6.45) is 2.03. The van der Waals surface area contributed by atoms with Crippen molar-refractivity contribution in [3.8, 4) is 0 Å². The van der Waals surface area contributed by atoms with Gasteiger partial charge in [-0.1, -0.05) is 12.1 Å². The van der Waals surface area contributed by atoms with Gasteiger partial charge in [0.25, 0.3) is 5.91 Å². The Morgan fingerprint density at radius 1 is 1.44 bits per heavy atom. The quantitative estimate of drug-likeness (QED) is 0.819. The van der Waals surface area contributed by atoms with Crippen molar-refractivity contribution >= 4 is 17.7 Å². The minimum absolute atomic E-state index is 0.0230. The highest BCUT2D eigenvalue weighted by atomic mass is 32.2. The monoisotopic (exact) mass is 238 g/mol. The summed E-state index contributed by atoms with van der Waals surface area (Å²) < 4.78 is 0. The van der Waals surface area contributed by atoms with Gasteiger partial charge in [-0.2, -0.15) is 11.8 Å². The Kier molecular flexibility index (Phi) is 5.35. The van der Waals surface area contributed by atoms with Crippen LogP contribution >= 0.6 is 11.8 Å². The highest BCUT2D eigenvalue weighted by Crippen LogP contribution is 2.05. The number of hydrogen-bond acceptors (Lipinski definition) is 3. The molecule has 0 aliphatic rings. The molecule has 0 bridgehead atoms. The van der Waals surface area contributed by atoms with E-state index >= 15 is 0 Å². The first kappa shape index (κ1) is 13.1. The second kappa shape index (κ2) is 6.55. The standard InChI is InChI=1S/C12H18N2OS/c1-9(8-16-2)14-12(15)11-5-3-10(7-13)4-6-11/h3-6,9H,7-8,13H2,1-2H3,(H,14,15). The van der Waals surface area contributed by atoms with Crippen LogP contribution in [0.3, 0.4) is 0 Å².